The van der Waals surface area contributed by atoms with E-state index in [4.69, 9.17) is 5.73 Å². The summed E-state index contributed by atoms with van der Waals surface area (Å²) in [5.74, 6) is 2.75. The van der Waals surface area contributed by atoms with Gasteiger partial charge in [-0.05, 0) is 49.0 Å². The Hall–Kier alpha value is -0.0400. The van der Waals surface area contributed by atoms with E-state index >= 15 is 0 Å². The highest BCUT2D eigenvalue weighted by atomic mass is 14.7. The Kier molecular flexibility index (Phi) is 2.88. The van der Waals surface area contributed by atoms with E-state index in [9.17, 15) is 0 Å². The van der Waals surface area contributed by atoms with Crippen molar-refractivity contribution in [3.05, 3.63) is 0 Å². The van der Waals surface area contributed by atoms with Gasteiger partial charge in [0.1, 0.15) is 0 Å². The zero-order valence-corrected chi connectivity index (χ0v) is 9.76. The molecule has 2 aliphatic rings. The first-order valence-corrected chi connectivity index (χ1v) is 6.41. The van der Waals surface area contributed by atoms with Crippen LogP contribution in [0.2, 0.25) is 0 Å². The number of hydrogen-bond acceptors (Lipinski definition) is 1. The minimum Gasteiger partial charge on any atom is -0.330 e. The van der Waals surface area contributed by atoms with E-state index in [1.54, 1.807) is 0 Å². The SMILES string of the molecule is CC(C)C1CC1(CN)C1CCCCC1. The molecule has 2 fully saturated rings. The van der Waals surface area contributed by atoms with Gasteiger partial charge in [0.25, 0.3) is 0 Å². The quantitative estimate of drug-likeness (QED) is 0.735. The van der Waals surface area contributed by atoms with Crippen LogP contribution in [0.3, 0.4) is 0 Å². The average Bonchev–Trinajstić information content (AvgIpc) is 2.95. The maximum Gasteiger partial charge on any atom is -0.00150 e. The molecule has 0 aromatic carbocycles. The summed E-state index contributed by atoms with van der Waals surface area (Å²) in [4.78, 5) is 0. The van der Waals surface area contributed by atoms with Gasteiger partial charge in [-0.25, -0.2) is 0 Å². The second kappa shape index (κ2) is 3.84. The van der Waals surface area contributed by atoms with Crippen LogP contribution in [-0.4, -0.2) is 6.54 Å². The molecule has 2 unspecified atom stereocenters. The summed E-state index contributed by atoms with van der Waals surface area (Å²) in [6, 6.07) is 0. The van der Waals surface area contributed by atoms with Crippen LogP contribution < -0.4 is 5.73 Å². The fourth-order valence-corrected chi connectivity index (χ4v) is 3.80. The van der Waals surface area contributed by atoms with Crippen molar-refractivity contribution in [2.45, 2.75) is 52.4 Å². The van der Waals surface area contributed by atoms with Gasteiger partial charge < -0.3 is 5.73 Å². The van der Waals surface area contributed by atoms with Crippen molar-refractivity contribution >= 4 is 0 Å². The normalized spacial score (nSPS) is 39.0. The Morgan fingerprint density at radius 2 is 1.86 bits per heavy atom. The first-order chi connectivity index (χ1) is 6.70. The van der Waals surface area contributed by atoms with E-state index in [0.717, 1.165) is 24.3 Å². The maximum absolute atomic E-state index is 6.03. The van der Waals surface area contributed by atoms with E-state index < -0.39 is 0 Å². The largest absolute Gasteiger partial charge is 0.330 e. The zero-order chi connectivity index (χ0) is 10.2. The summed E-state index contributed by atoms with van der Waals surface area (Å²) in [5.41, 5.74) is 6.61. The van der Waals surface area contributed by atoms with Crippen molar-refractivity contribution in [1.82, 2.24) is 0 Å². The van der Waals surface area contributed by atoms with E-state index in [1.165, 1.54) is 38.5 Å². The molecule has 82 valence electrons. The molecule has 0 amide bonds. The second-order valence-electron chi connectivity index (χ2n) is 5.83. The van der Waals surface area contributed by atoms with Crippen molar-refractivity contribution in [3.63, 3.8) is 0 Å². The molecule has 0 radical (unpaired) electrons. The van der Waals surface area contributed by atoms with Crippen molar-refractivity contribution in [2.75, 3.05) is 6.54 Å². The molecule has 2 atom stereocenters. The molecule has 2 N–H and O–H groups in total. The highest BCUT2D eigenvalue weighted by molar-refractivity contribution is 5.08. The predicted octanol–water partition coefficient (Wildman–Crippen LogP) is 3.19. The number of nitrogens with two attached hydrogens (primary N) is 1. The van der Waals surface area contributed by atoms with Crippen molar-refractivity contribution in [2.24, 2.45) is 28.9 Å². The molecule has 0 saturated heterocycles. The minimum atomic E-state index is 0.578. The molecule has 2 rings (SSSR count). The van der Waals surface area contributed by atoms with E-state index in [-0.39, 0.29) is 0 Å². The molecular weight excluding hydrogens is 170 g/mol. The Morgan fingerprint density at radius 1 is 1.21 bits per heavy atom. The number of hydrogen-bond donors (Lipinski definition) is 1. The smallest absolute Gasteiger partial charge is 0.00150 e. The van der Waals surface area contributed by atoms with Gasteiger partial charge in [-0.15, -0.1) is 0 Å². The van der Waals surface area contributed by atoms with Gasteiger partial charge >= 0.3 is 0 Å². The third kappa shape index (κ3) is 1.60. The van der Waals surface area contributed by atoms with Crippen LogP contribution in [0.25, 0.3) is 0 Å². The predicted molar refractivity (Wildman–Crippen MR) is 61.0 cm³/mol. The lowest BCUT2D eigenvalue weighted by molar-refractivity contribution is 0.202. The first-order valence-electron chi connectivity index (χ1n) is 6.41. The Morgan fingerprint density at radius 3 is 2.29 bits per heavy atom. The lowest BCUT2D eigenvalue weighted by atomic mass is 9.75. The molecule has 0 heterocycles. The molecule has 1 heteroatoms. The molecule has 14 heavy (non-hydrogen) atoms. The molecular formula is C13H25N. The van der Waals surface area contributed by atoms with Crippen LogP contribution in [0.1, 0.15) is 52.4 Å². The number of rotatable bonds is 3. The summed E-state index contributed by atoms with van der Waals surface area (Å²) >= 11 is 0. The molecule has 0 aliphatic heterocycles. The zero-order valence-electron chi connectivity index (χ0n) is 9.76. The highest BCUT2D eigenvalue weighted by Gasteiger charge is 2.58. The fourth-order valence-electron chi connectivity index (χ4n) is 3.80. The topological polar surface area (TPSA) is 26.0 Å². The van der Waals surface area contributed by atoms with Gasteiger partial charge in [0.15, 0.2) is 0 Å². The van der Waals surface area contributed by atoms with Crippen molar-refractivity contribution in [3.8, 4) is 0 Å². The van der Waals surface area contributed by atoms with Crippen LogP contribution in [0.15, 0.2) is 0 Å². The van der Waals surface area contributed by atoms with Crippen LogP contribution in [-0.2, 0) is 0 Å². The molecule has 1 nitrogen and oxygen atoms in total. The third-order valence-electron chi connectivity index (χ3n) is 4.78. The van der Waals surface area contributed by atoms with E-state index in [2.05, 4.69) is 13.8 Å². The summed E-state index contributed by atoms with van der Waals surface area (Å²) in [7, 11) is 0. The first kappa shape index (κ1) is 10.5. The van der Waals surface area contributed by atoms with Crippen LogP contribution in [0.4, 0.5) is 0 Å². The van der Waals surface area contributed by atoms with Gasteiger partial charge in [-0.2, -0.15) is 0 Å². The Bertz CT molecular complexity index is 193. The van der Waals surface area contributed by atoms with Gasteiger partial charge in [0, 0.05) is 0 Å². The summed E-state index contributed by atoms with van der Waals surface area (Å²) in [6.07, 6.45) is 8.71. The Labute approximate surface area is 88.4 Å². The maximum atomic E-state index is 6.03. The van der Waals surface area contributed by atoms with Crippen LogP contribution in [0.5, 0.6) is 0 Å². The van der Waals surface area contributed by atoms with E-state index in [0.29, 0.717) is 5.41 Å². The lowest BCUT2D eigenvalue weighted by Gasteiger charge is -2.31. The summed E-state index contributed by atoms with van der Waals surface area (Å²) < 4.78 is 0. The molecule has 0 aromatic rings. The van der Waals surface area contributed by atoms with E-state index in [1.807, 2.05) is 0 Å². The van der Waals surface area contributed by atoms with Crippen molar-refractivity contribution in [1.29, 1.82) is 0 Å². The molecule has 0 bridgehead atoms. The van der Waals surface area contributed by atoms with Gasteiger partial charge in [0.05, 0.1) is 0 Å². The molecule has 0 aromatic heterocycles. The molecule has 2 aliphatic carbocycles. The van der Waals surface area contributed by atoms with Gasteiger partial charge in [0.2, 0.25) is 0 Å². The summed E-state index contributed by atoms with van der Waals surface area (Å²) in [6.45, 7) is 5.68. The Balaban J connectivity index is 1.99. The van der Waals surface area contributed by atoms with Gasteiger partial charge in [-0.3, -0.25) is 0 Å². The average molecular weight is 195 g/mol. The third-order valence-corrected chi connectivity index (χ3v) is 4.78. The monoisotopic (exact) mass is 195 g/mol. The molecule has 0 spiro atoms. The van der Waals surface area contributed by atoms with Crippen LogP contribution in [0, 0.1) is 23.2 Å². The summed E-state index contributed by atoms with van der Waals surface area (Å²) in [5, 5.41) is 0. The standard InChI is InChI=1S/C13H25N/c1-10(2)12-8-13(12,9-14)11-6-4-3-5-7-11/h10-12H,3-9,14H2,1-2H3. The highest BCUT2D eigenvalue weighted by Crippen LogP contribution is 2.63. The van der Waals surface area contributed by atoms with Gasteiger partial charge in [-0.1, -0.05) is 33.1 Å². The van der Waals surface area contributed by atoms with Crippen LogP contribution >= 0.6 is 0 Å². The lowest BCUT2D eigenvalue weighted by Crippen LogP contribution is -2.29. The van der Waals surface area contributed by atoms with Crippen molar-refractivity contribution < 1.29 is 0 Å². The fraction of sp³-hybridized carbons (Fsp3) is 1.00. The molecule has 2 saturated carbocycles. The second-order valence-corrected chi connectivity index (χ2v) is 5.83. The minimum absolute atomic E-state index is 0.578.